The van der Waals surface area contributed by atoms with Crippen molar-refractivity contribution in [3.05, 3.63) is 42.5 Å². The smallest absolute Gasteiger partial charge is 0.242 e. The number of morpholine rings is 1. The monoisotopic (exact) mass is 619 g/mol. The first-order valence-corrected chi connectivity index (χ1v) is 15.9. The Hall–Kier alpha value is -3.17. The summed E-state index contributed by atoms with van der Waals surface area (Å²) < 4.78 is 42.5. The predicted molar refractivity (Wildman–Crippen MR) is 162 cm³/mol. The summed E-state index contributed by atoms with van der Waals surface area (Å²) in [6, 6.07) is 11.4. The van der Waals surface area contributed by atoms with Gasteiger partial charge in [0.15, 0.2) is 5.17 Å². The van der Waals surface area contributed by atoms with Crippen molar-refractivity contribution < 1.29 is 32.2 Å². The van der Waals surface area contributed by atoms with E-state index in [-0.39, 0.29) is 23.1 Å². The van der Waals surface area contributed by atoms with E-state index in [1.807, 2.05) is 0 Å². The Kier molecular flexibility index (Phi) is 10.8. The minimum Gasteiger partial charge on any atom is -0.497 e. The third-order valence-corrected chi connectivity index (χ3v) is 9.84. The van der Waals surface area contributed by atoms with Crippen LogP contribution in [0.15, 0.2) is 52.4 Å². The third-order valence-electron chi connectivity index (χ3n) is 6.85. The van der Waals surface area contributed by atoms with Gasteiger partial charge in [-0.2, -0.15) is 0 Å². The fourth-order valence-electron chi connectivity index (χ4n) is 4.52. The number of carbonyl (C=O) groups excluding carboxylic acids is 2. The number of methoxy groups -OCH3 is 2. The molecule has 14 heteroatoms. The maximum absolute atomic E-state index is 13.6. The van der Waals surface area contributed by atoms with Gasteiger partial charge in [-0.25, -0.2) is 17.7 Å². The van der Waals surface area contributed by atoms with E-state index in [2.05, 4.69) is 15.2 Å². The van der Waals surface area contributed by atoms with Gasteiger partial charge in [0.2, 0.25) is 21.8 Å². The molecular weight excluding hydrogens is 582 g/mol. The van der Waals surface area contributed by atoms with Crippen LogP contribution in [-0.2, 0) is 24.3 Å². The number of benzene rings is 2. The lowest BCUT2D eigenvalue weighted by Crippen LogP contribution is -2.39. The highest BCUT2D eigenvalue weighted by Crippen LogP contribution is 2.34. The zero-order valence-electron chi connectivity index (χ0n) is 24.2. The summed E-state index contributed by atoms with van der Waals surface area (Å²) >= 11 is 1.20. The van der Waals surface area contributed by atoms with Crippen LogP contribution < -0.4 is 14.8 Å². The molecule has 2 fully saturated rings. The highest BCUT2D eigenvalue weighted by atomic mass is 32.2. The van der Waals surface area contributed by atoms with E-state index in [0.717, 1.165) is 23.9 Å². The second kappa shape index (κ2) is 14.3. The molecule has 2 aliphatic heterocycles. The molecule has 0 bridgehead atoms. The molecule has 0 saturated carbocycles. The van der Waals surface area contributed by atoms with E-state index in [0.29, 0.717) is 54.2 Å². The number of anilines is 1. The largest absolute Gasteiger partial charge is 0.497 e. The number of hydrogen-bond acceptors (Lipinski definition) is 10. The molecule has 2 aromatic rings. The molecule has 12 nitrogen and oxygen atoms in total. The van der Waals surface area contributed by atoms with Crippen molar-refractivity contribution in [1.29, 1.82) is 0 Å². The fourth-order valence-corrected chi connectivity index (χ4v) is 6.65. The maximum Gasteiger partial charge on any atom is 0.242 e. The van der Waals surface area contributed by atoms with Crippen LogP contribution in [0.3, 0.4) is 0 Å². The van der Waals surface area contributed by atoms with Crippen molar-refractivity contribution in [3.63, 3.8) is 0 Å². The molecule has 0 radical (unpaired) electrons. The molecule has 228 valence electrons. The average Bonchev–Trinajstić information content (AvgIpc) is 3.26. The lowest BCUT2D eigenvalue weighted by Gasteiger charge is -2.27. The Morgan fingerprint density at radius 3 is 2.57 bits per heavy atom. The molecule has 1 N–H and O–H groups in total. The van der Waals surface area contributed by atoms with Crippen molar-refractivity contribution in [3.8, 4) is 11.5 Å². The molecule has 0 aliphatic carbocycles. The standard InChI is InChI=1S/C28H37N5O7S2/c1-31(2)42(36,37)22-8-5-7-20(17-22)29-28-33(12-6-11-32-13-15-40-16-14-32)27(35)25(41-28)19-26(34)30-23-18-21(38-3)9-10-24(23)39-4/h5,7-10,17-18,25H,6,11-16,19H2,1-4H3,(H,30,34)/t25-/m1/s1. The van der Waals surface area contributed by atoms with Gasteiger partial charge in [0.1, 0.15) is 16.7 Å². The van der Waals surface area contributed by atoms with Crippen LogP contribution >= 0.6 is 11.8 Å². The molecule has 2 amide bonds. The third kappa shape index (κ3) is 7.81. The quantitative estimate of drug-likeness (QED) is 0.381. The van der Waals surface area contributed by atoms with Crippen molar-refractivity contribution in [2.24, 2.45) is 4.99 Å². The van der Waals surface area contributed by atoms with E-state index in [1.54, 1.807) is 35.2 Å². The Morgan fingerprint density at radius 1 is 1.12 bits per heavy atom. The van der Waals surface area contributed by atoms with Crippen LogP contribution in [0.5, 0.6) is 11.5 Å². The van der Waals surface area contributed by atoms with E-state index in [1.165, 1.54) is 52.2 Å². The molecule has 2 heterocycles. The van der Waals surface area contributed by atoms with E-state index >= 15 is 0 Å². The summed E-state index contributed by atoms with van der Waals surface area (Å²) in [6.07, 6.45) is 0.623. The lowest BCUT2D eigenvalue weighted by molar-refractivity contribution is -0.128. The minimum atomic E-state index is -3.66. The number of amidine groups is 1. The van der Waals surface area contributed by atoms with Crippen molar-refractivity contribution in [2.75, 3.05) is 73.0 Å². The van der Waals surface area contributed by atoms with Crippen molar-refractivity contribution >= 4 is 50.1 Å². The van der Waals surface area contributed by atoms with Gasteiger partial charge >= 0.3 is 0 Å². The van der Waals surface area contributed by atoms with Crippen LogP contribution in [-0.4, -0.2) is 112 Å². The highest BCUT2D eigenvalue weighted by Gasteiger charge is 2.39. The topological polar surface area (TPSA) is 130 Å². The molecule has 2 aliphatic rings. The molecule has 4 rings (SSSR count). The Balaban J connectivity index is 1.53. The molecule has 1 atom stereocenters. The number of carbonyl (C=O) groups is 2. The first-order chi connectivity index (χ1) is 20.1. The van der Waals surface area contributed by atoms with Crippen molar-refractivity contribution in [2.45, 2.75) is 23.0 Å². The average molecular weight is 620 g/mol. The maximum atomic E-state index is 13.6. The molecule has 0 aromatic heterocycles. The summed E-state index contributed by atoms with van der Waals surface area (Å²) in [5.74, 6) is 0.442. The van der Waals surface area contributed by atoms with E-state index in [4.69, 9.17) is 14.2 Å². The Labute approximate surface area is 251 Å². The van der Waals surface area contributed by atoms with Gasteiger partial charge in [-0.15, -0.1) is 0 Å². The number of aliphatic imine (C=N–C) groups is 1. The number of nitrogens with zero attached hydrogens (tertiary/aromatic N) is 4. The Morgan fingerprint density at radius 2 is 1.88 bits per heavy atom. The van der Waals surface area contributed by atoms with Gasteiger partial charge in [0.05, 0.1) is 43.7 Å². The van der Waals surface area contributed by atoms with E-state index in [9.17, 15) is 18.0 Å². The number of thioether (sulfide) groups is 1. The number of rotatable bonds is 12. The van der Waals surface area contributed by atoms with Crippen molar-refractivity contribution in [1.82, 2.24) is 14.1 Å². The molecule has 2 aromatic carbocycles. The van der Waals surface area contributed by atoms with Crippen LogP contribution in [0.2, 0.25) is 0 Å². The minimum absolute atomic E-state index is 0.0854. The van der Waals surface area contributed by atoms with Gasteiger partial charge in [0, 0.05) is 52.8 Å². The molecule has 0 spiro atoms. The lowest BCUT2D eigenvalue weighted by atomic mass is 10.2. The fraction of sp³-hybridized carbons (Fsp3) is 0.464. The molecule has 0 unspecified atom stereocenters. The predicted octanol–water partition coefficient (Wildman–Crippen LogP) is 2.64. The Bertz CT molecular complexity index is 1410. The van der Waals surface area contributed by atoms with Crippen LogP contribution in [0.1, 0.15) is 12.8 Å². The van der Waals surface area contributed by atoms with Gasteiger partial charge in [0.25, 0.3) is 0 Å². The van der Waals surface area contributed by atoms with Crippen LogP contribution in [0.25, 0.3) is 0 Å². The number of amides is 2. The summed E-state index contributed by atoms with van der Waals surface area (Å²) in [5.41, 5.74) is 0.838. The van der Waals surface area contributed by atoms with Gasteiger partial charge < -0.3 is 19.5 Å². The summed E-state index contributed by atoms with van der Waals surface area (Å²) in [4.78, 5) is 35.3. The summed E-state index contributed by atoms with van der Waals surface area (Å²) in [5, 5.41) is 2.56. The van der Waals surface area contributed by atoms with Crippen LogP contribution in [0, 0.1) is 0 Å². The first kappa shape index (κ1) is 31.8. The zero-order valence-corrected chi connectivity index (χ0v) is 25.9. The SMILES string of the molecule is COc1ccc(OC)c(NC(=O)C[C@H]2SC(=Nc3cccc(S(=O)(=O)N(C)C)c3)N(CCCN3CCOCC3)C2=O)c1. The molecular formula is C28H37N5O7S2. The number of sulfonamides is 1. The number of nitrogens with one attached hydrogen (secondary N) is 1. The second-order valence-corrected chi connectivity index (χ2v) is 13.2. The zero-order chi connectivity index (χ0) is 30.3. The summed E-state index contributed by atoms with van der Waals surface area (Å²) in [6.45, 7) is 4.27. The molecule has 42 heavy (non-hydrogen) atoms. The normalized spacial score (nSPS) is 19.0. The van der Waals surface area contributed by atoms with Crippen LogP contribution in [0.4, 0.5) is 11.4 Å². The van der Waals surface area contributed by atoms with Gasteiger partial charge in [-0.05, 0) is 36.8 Å². The molecule has 2 saturated heterocycles. The highest BCUT2D eigenvalue weighted by molar-refractivity contribution is 8.15. The van der Waals surface area contributed by atoms with E-state index < -0.39 is 15.3 Å². The second-order valence-electron chi connectivity index (χ2n) is 9.90. The number of hydrogen-bond donors (Lipinski definition) is 1. The number of ether oxygens (including phenoxy) is 3. The summed E-state index contributed by atoms with van der Waals surface area (Å²) in [7, 11) is 2.30. The first-order valence-electron chi connectivity index (χ1n) is 13.5. The van der Waals surface area contributed by atoms with Gasteiger partial charge in [-0.3, -0.25) is 19.4 Å². The van der Waals surface area contributed by atoms with Gasteiger partial charge in [-0.1, -0.05) is 17.8 Å².